The summed E-state index contributed by atoms with van der Waals surface area (Å²) < 4.78 is 7.99. The summed E-state index contributed by atoms with van der Waals surface area (Å²) in [5.74, 6) is 4.27. The third kappa shape index (κ3) is 2.24. The van der Waals surface area contributed by atoms with E-state index in [0.29, 0.717) is 36.3 Å². The Morgan fingerprint density at radius 2 is 2.12 bits per heavy atom. The number of pyridine rings is 1. The minimum absolute atomic E-state index is 0.0512. The number of carbonyl (C=O) groups is 1. The predicted molar refractivity (Wildman–Crippen MR) is 97.0 cm³/mol. The molecule has 2 aromatic heterocycles. The van der Waals surface area contributed by atoms with Crippen molar-refractivity contribution >= 4 is 34.6 Å². The summed E-state index contributed by atoms with van der Waals surface area (Å²) in [6.07, 6.45) is 5.35. The summed E-state index contributed by atoms with van der Waals surface area (Å²) >= 11 is 6.06. The summed E-state index contributed by atoms with van der Waals surface area (Å²) in [7, 11) is 0. The maximum atomic E-state index is 12.4. The quantitative estimate of drug-likeness (QED) is 0.789. The SMILES string of the molecule is O=C(CCO[C@H]1CC2C3C1[C@H]23)Nc1nc2ccc(Cl)nc2n1C1CCC1. The molecule has 5 saturated carbocycles. The number of nitrogens with one attached hydrogen (secondary N) is 1. The van der Waals surface area contributed by atoms with E-state index in [2.05, 4.69) is 15.3 Å². The molecule has 5 atom stereocenters. The molecule has 2 aromatic rings. The first-order valence-electron chi connectivity index (χ1n) is 9.66. The maximum absolute atomic E-state index is 12.4. The van der Waals surface area contributed by atoms with Crippen LogP contribution in [0.3, 0.4) is 0 Å². The number of halogens is 1. The third-order valence-electron chi connectivity index (χ3n) is 6.83. The molecule has 2 bridgehead atoms. The Labute approximate surface area is 156 Å². The Bertz CT molecular complexity index is 892. The van der Waals surface area contributed by atoms with Crippen LogP contribution in [0.5, 0.6) is 0 Å². The van der Waals surface area contributed by atoms with Crippen molar-refractivity contribution in [1.29, 1.82) is 0 Å². The van der Waals surface area contributed by atoms with Gasteiger partial charge in [-0.25, -0.2) is 9.97 Å². The number of hydrogen-bond acceptors (Lipinski definition) is 4. The lowest BCUT2D eigenvalue weighted by molar-refractivity contribution is -0.117. The number of amides is 1. The van der Waals surface area contributed by atoms with Gasteiger partial charge in [0.2, 0.25) is 11.9 Å². The number of fused-ring (bicyclic) bond motifs is 2. The van der Waals surface area contributed by atoms with Gasteiger partial charge in [0.15, 0.2) is 5.65 Å². The summed E-state index contributed by atoms with van der Waals surface area (Å²) in [6, 6.07) is 3.93. The Morgan fingerprint density at radius 1 is 1.27 bits per heavy atom. The lowest BCUT2D eigenvalue weighted by atomic mass is 9.93. The number of ether oxygens (including phenoxy) is 1. The van der Waals surface area contributed by atoms with E-state index in [-0.39, 0.29) is 5.91 Å². The van der Waals surface area contributed by atoms with Crippen LogP contribution in [-0.2, 0) is 9.53 Å². The number of carbonyl (C=O) groups excluding carboxylic acids is 1. The van der Waals surface area contributed by atoms with E-state index in [4.69, 9.17) is 16.3 Å². The Balaban J connectivity index is 1.14. The van der Waals surface area contributed by atoms with Crippen LogP contribution in [0.25, 0.3) is 11.2 Å². The molecule has 0 radical (unpaired) electrons. The van der Waals surface area contributed by atoms with E-state index in [9.17, 15) is 4.79 Å². The van der Waals surface area contributed by atoms with Crippen LogP contribution in [0.1, 0.15) is 38.1 Å². The van der Waals surface area contributed by atoms with E-state index in [1.54, 1.807) is 6.07 Å². The van der Waals surface area contributed by atoms with Crippen molar-refractivity contribution in [2.24, 2.45) is 23.7 Å². The minimum Gasteiger partial charge on any atom is -0.377 e. The number of rotatable bonds is 6. The summed E-state index contributed by atoms with van der Waals surface area (Å²) in [4.78, 5) is 21.4. The van der Waals surface area contributed by atoms with E-state index in [0.717, 1.165) is 47.7 Å². The number of aromatic nitrogens is 3. The molecule has 0 saturated heterocycles. The molecule has 2 heterocycles. The van der Waals surface area contributed by atoms with Crippen molar-refractivity contribution in [2.75, 3.05) is 11.9 Å². The zero-order valence-corrected chi connectivity index (χ0v) is 15.2. The molecule has 26 heavy (non-hydrogen) atoms. The second kappa shape index (κ2) is 5.42. The van der Waals surface area contributed by atoms with Gasteiger partial charge >= 0.3 is 0 Å². The van der Waals surface area contributed by atoms with Crippen LogP contribution < -0.4 is 5.32 Å². The molecule has 5 aliphatic carbocycles. The number of hydrogen-bond donors (Lipinski definition) is 1. The number of nitrogens with zero attached hydrogens (tertiary/aromatic N) is 3. The lowest BCUT2D eigenvalue weighted by Crippen LogP contribution is -2.23. The predicted octanol–water partition coefficient (Wildman–Crippen LogP) is 3.42. The van der Waals surface area contributed by atoms with Crippen molar-refractivity contribution in [1.82, 2.24) is 14.5 Å². The molecule has 0 aromatic carbocycles. The van der Waals surface area contributed by atoms with Crippen LogP contribution in [0.2, 0.25) is 5.15 Å². The fourth-order valence-corrected chi connectivity index (χ4v) is 5.32. The maximum Gasteiger partial charge on any atom is 0.229 e. The molecule has 6 nitrogen and oxygen atoms in total. The smallest absolute Gasteiger partial charge is 0.229 e. The molecule has 3 unspecified atom stereocenters. The van der Waals surface area contributed by atoms with E-state index < -0.39 is 0 Å². The summed E-state index contributed by atoms with van der Waals surface area (Å²) in [5, 5.41) is 3.42. The molecule has 0 aliphatic heterocycles. The highest BCUT2D eigenvalue weighted by Crippen LogP contribution is 2.82. The Kier molecular flexibility index (Phi) is 3.21. The van der Waals surface area contributed by atoms with Gasteiger partial charge in [-0.05, 0) is 61.5 Å². The minimum atomic E-state index is -0.0512. The molecule has 0 spiro atoms. The topological polar surface area (TPSA) is 69.0 Å². The third-order valence-corrected chi connectivity index (χ3v) is 7.04. The highest BCUT2D eigenvalue weighted by Gasteiger charge is 2.80. The molecule has 1 amide bonds. The normalized spacial score (nSPS) is 33.8. The van der Waals surface area contributed by atoms with Gasteiger partial charge in [0.1, 0.15) is 10.7 Å². The number of anilines is 1. The first-order chi connectivity index (χ1) is 12.7. The van der Waals surface area contributed by atoms with Gasteiger partial charge in [0.25, 0.3) is 0 Å². The second-order valence-electron chi connectivity index (χ2n) is 8.21. The van der Waals surface area contributed by atoms with Crippen molar-refractivity contribution < 1.29 is 9.53 Å². The Morgan fingerprint density at radius 3 is 2.81 bits per heavy atom. The standard InChI is InChI=1S/C19H21ClN4O2/c20-13-5-4-11-18(22-13)24(9-2-1-3-9)19(21-11)23-14(25)6-7-26-12-8-10-15-16(10)17(12)15/h4-5,9-10,12,15-17H,1-3,6-8H2,(H,21,23,25)/t10?,12-,15+,16?,17?/m0/s1. The highest BCUT2D eigenvalue weighted by atomic mass is 35.5. The van der Waals surface area contributed by atoms with Gasteiger partial charge in [0, 0.05) is 6.04 Å². The molecule has 7 heteroatoms. The van der Waals surface area contributed by atoms with Crippen LogP contribution in [0.4, 0.5) is 5.95 Å². The zero-order valence-electron chi connectivity index (χ0n) is 14.4. The molecule has 7 rings (SSSR count). The summed E-state index contributed by atoms with van der Waals surface area (Å²) in [6.45, 7) is 0.493. The van der Waals surface area contributed by atoms with Gasteiger partial charge in [-0.15, -0.1) is 0 Å². The zero-order chi connectivity index (χ0) is 17.4. The molecular formula is C19H21ClN4O2. The van der Waals surface area contributed by atoms with Crippen molar-refractivity contribution in [3.8, 4) is 0 Å². The summed E-state index contributed by atoms with van der Waals surface area (Å²) in [5.41, 5.74) is 1.52. The average molecular weight is 373 g/mol. The van der Waals surface area contributed by atoms with E-state index >= 15 is 0 Å². The molecule has 136 valence electrons. The van der Waals surface area contributed by atoms with Crippen LogP contribution >= 0.6 is 11.6 Å². The molecule has 1 N–H and O–H groups in total. The van der Waals surface area contributed by atoms with Crippen LogP contribution in [0, 0.1) is 23.7 Å². The first kappa shape index (κ1) is 15.4. The van der Waals surface area contributed by atoms with Gasteiger partial charge in [-0.1, -0.05) is 11.6 Å². The first-order valence-corrected chi connectivity index (χ1v) is 10.0. The van der Waals surface area contributed by atoms with Gasteiger partial charge < -0.3 is 4.74 Å². The average Bonchev–Trinajstić information content (AvgIpc) is 3.32. The van der Waals surface area contributed by atoms with Gasteiger partial charge in [-0.3, -0.25) is 14.7 Å². The fraction of sp³-hybridized carbons (Fsp3) is 0.632. The Hall–Kier alpha value is -1.66. The molecule has 5 aliphatic rings. The largest absolute Gasteiger partial charge is 0.377 e. The van der Waals surface area contributed by atoms with E-state index in [1.165, 1.54) is 12.8 Å². The lowest BCUT2D eigenvalue weighted by Gasteiger charge is -2.28. The van der Waals surface area contributed by atoms with Crippen LogP contribution in [-0.4, -0.2) is 33.2 Å². The molecular weight excluding hydrogens is 352 g/mol. The van der Waals surface area contributed by atoms with Gasteiger partial charge in [-0.2, -0.15) is 0 Å². The van der Waals surface area contributed by atoms with Crippen molar-refractivity contribution in [3.63, 3.8) is 0 Å². The van der Waals surface area contributed by atoms with Crippen molar-refractivity contribution in [2.45, 2.75) is 44.2 Å². The fourth-order valence-electron chi connectivity index (χ4n) is 5.17. The molecule has 5 fully saturated rings. The van der Waals surface area contributed by atoms with Gasteiger partial charge in [0.05, 0.1) is 19.1 Å². The second-order valence-corrected chi connectivity index (χ2v) is 8.59. The number of imidazole rings is 1. The van der Waals surface area contributed by atoms with E-state index in [1.807, 2.05) is 10.6 Å². The monoisotopic (exact) mass is 372 g/mol. The van der Waals surface area contributed by atoms with Crippen LogP contribution in [0.15, 0.2) is 12.1 Å². The highest BCUT2D eigenvalue weighted by molar-refractivity contribution is 6.29. The van der Waals surface area contributed by atoms with Crippen molar-refractivity contribution in [3.05, 3.63) is 17.3 Å².